The minimum Gasteiger partial charge on any atom is -0.478 e. The summed E-state index contributed by atoms with van der Waals surface area (Å²) in [6, 6.07) is 4.25. The van der Waals surface area contributed by atoms with Crippen molar-refractivity contribution in [3.8, 4) is 0 Å². The molecule has 1 atom stereocenters. The molecule has 0 spiro atoms. The van der Waals surface area contributed by atoms with Crippen LogP contribution >= 0.6 is 0 Å². The van der Waals surface area contributed by atoms with Crippen molar-refractivity contribution in [2.45, 2.75) is 63.8 Å². The Morgan fingerprint density at radius 1 is 1.21 bits per heavy atom. The molecule has 0 radical (unpaired) electrons. The zero-order chi connectivity index (χ0) is 18.2. The molecule has 1 aromatic carbocycles. The number of hydrogen-bond donors (Lipinski definition) is 3. The number of aromatic carboxylic acids is 1. The third kappa shape index (κ3) is 6.13. The van der Waals surface area contributed by atoms with Gasteiger partial charge in [0, 0.05) is 12.6 Å². The van der Waals surface area contributed by atoms with Gasteiger partial charge in [0.1, 0.15) is 4.90 Å². The Bertz CT molecular complexity index is 644. The lowest BCUT2D eigenvalue weighted by Gasteiger charge is -2.18. The summed E-state index contributed by atoms with van der Waals surface area (Å²) in [6.07, 6.45) is 4.56. The summed E-state index contributed by atoms with van der Waals surface area (Å²) in [5.74, 6) is -1.15. The molecule has 0 bridgehead atoms. The average molecular weight is 356 g/mol. The molecule has 3 N–H and O–H groups in total. The van der Waals surface area contributed by atoms with E-state index in [9.17, 15) is 13.2 Å². The number of carboxylic acid groups (broad SMARTS) is 1. The van der Waals surface area contributed by atoms with Gasteiger partial charge in [0.05, 0.1) is 11.3 Å². The first kappa shape index (κ1) is 20.4. The van der Waals surface area contributed by atoms with Gasteiger partial charge in [-0.3, -0.25) is 0 Å². The standard InChI is InChI=1S/C17H28N2O4S/c1-4-6-7-11-18-24(22,23)16-12-14(17(20)21)9-10-15(16)19-13(3)8-5-2/h9-10,12-13,18-19H,4-8,11H2,1-3H3,(H,20,21). The lowest BCUT2D eigenvalue weighted by molar-refractivity contribution is 0.0696. The van der Waals surface area contributed by atoms with Crippen LogP contribution in [0.1, 0.15) is 63.2 Å². The molecule has 0 amide bonds. The summed E-state index contributed by atoms with van der Waals surface area (Å²) in [4.78, 5) is 11.2. The topological polar surface area (TPSA) is 95.5 Å². The van der Waals surface area contributed by atoms with Crippen molar-refractivity contribution in [1.29, 1.82) is 0 Å². The Hall–Kier alpha value is -1.60. The van der Waals surface area contributed by atoms with E-state index in [1.54, 1.807) is 0 Å². The number of rotatable bonds is 11. The molecule has 1 unspecified atom stereocenters. The second-order valence-corrected chi connectivity index (χ2v) is 7.69. The smallest absolute Gasteiger partial charge is 0.335 e. The van der Waals surface area contributed by atoms with E-state index < -0.39 is 16.0 Å². The molecule has 0 aliphatic carbocycles. The van der Waals surface area contributed by atoms with Gasteiger partial charge < -0.3 is 10.4 Å². The maximum Gasteiger partial charge on any atom is 0.335 e. The third-order valence-electron chi connectivity index (χ3n) is 3.71. The van der Waals surface area contributed by atoms with Crippen LogP contribution in [0.3, 0.4) is 0 Å². The number of unbranched alkanes of at least 4 members (excludes halogenated alkanes) is 2. The summed E-state index contributed by atoms with van der Waals surface area (Å²) in [6.45, 7) is 6.41. The lowest BCUT2D eigenvalue weighted by atomic mass is 10.1. The Morgan fingerprint density at radius 3 is 2.50 bits per heavy atom. The van der Waals surface area contributed by atoms with E-state index in [1.807, 2.05) is 13.8 Å². The molecule has 136 valence electrons. The largest absolute Gasteiger partial charge is 0.478 e. The number of anilines is 1. The number of nitrogens with one attached hydrogen (secondary N) is 2. The maximum absolute atomic E-state index is 12.6. The molecule has 7 heteroatoms. The number of sulfonamides is 1. The zero-order valence-corrected chi connectivity index (χ0v) is 15.4. The van der Waals surface area contributed by atoms with Crippen LogP contribution < -0.4 is 10.0 Å². The molecule has 24 heavy (non-hydrogen) atoms. The fourth-order valence-corrected chi connectivity index (χ4v) is 3.69. The highest BCUT2D eigenvalue weighted by Gasteiger charge is 2.21. The number of benzene rings is 1. The Balaban J connectivity index is 3.10. The van der Waals surface area contributed by atoms with E-state index in [1.165, 1.54) is 18.2 Å². The van der Waals surface area contributed by atoms with Gasteiger partial charge in [-0.2, -0.15) is 0 Å². The Morgan fingerprint density at radius 2 is 1.92 bits per heavy atom. The molecule has 0 heterocycles. The Kier molecular flexibility index (Phi) is 8.21. The average Bonchev–Trinajstić information content (AvgIpc) is 2.52. The highest BCUT2D eigenvalue weighted by molar-refractivity contribution is 7.89. The molecular weight excluding hydrogens is 328 g/mol. The quantitative estimate of drug-likeness (QED) is 0.528. The van der Waals surface area contributed by atoms with E-state index in [-0.39, 0.29) is 16.5 Å². The van der Waals surface area contributed by atoms with Crippen molar-refractivity contribution < 1.29 is 18.3 Å². The predicted molar refractivity (Wildman–Crippen MR) is 96.1 cm³/mol. The molecule has 0 aliphatic rings. The minimum atomic E-state index is -3.76. The predicted octanol–water partition coefficient (Wildman–Crippen LogP) is 3.45. The molecule has 0 saturated carbocycles. The van der Waals surface area contributed by atoms with E-state index >= 15 is 0 Å². The van der Waals surface area contributed by atoms with Gasteiger partial charge in [0.15, 0.2) is 0 Å². The van der Waals surface area contributed by atoms with Crippen LogP contribution in [0.5, 0.6) is 0 Å². The van der Waals surface area contributed by atoms with E-state index in [2.05, 4.69) is 17.0 Å². The van der Waals surface area contributed by atoms with Gasteiger partial charge in [-0.05, 0) is 38.0 Å². The van der Waals surface area contributed by atoms with Crippen LogP contribution in [-0.2, 0) is 10.0 Å². The third-order valence-corrected chi connectivity index (χ3v) is 5.22. The van der Waals surface area contributed by atoms with Crippen LogP contribution in [0.2, 0.25) is 0 Å². The highest BCUT2D eigenvalue weighted by atomic mass is 32.2. The molecule has 1 aromatic rings. The minimum absolute atomic E-state index is 0.0122. The summed E-state index contributed by atoms with van der Waals surface area (Å²) >= 11 is 0. The van der Waals surface area contributed by atoms with Crippen LogP contribution in [-0.4, -0.2) is 32.1 Å². The molecule has 0 aliphatic heterocycles. The van der Waals surface area contributed by atoms with Crippen molar-refractivity contribution in [3.63, 3.8) is 0 Å². The van der Waals surface area contributed by atoms with Crippen LogP contribution in [0.15, 0.2) is 23.1 Å². The second kappa shape index (κ2) is 9.64. The van der Waals surface area contributed by atoms with Crippen molar-refractivity contribution in [2.75, 3.05) is 11.9 Å². The van der Waals surface area contributed by atoms with Gasteiger partial charge in [-0.1, -0.05) is 33.1 Å². The second-order valence-electron chi connectivity index (χ2n) is 5.96. The fraction of sp³-hybridized carbons (Fsp3) is 0.588. The molecule has 0 saturated heterocycles. The maximum atomic E-state index is 12.6. The van der Waals surface area contributed by atoms with E-state index in [0.717, 1.165) is 32.1 Å². The van der Waals surface area contributed by atoms with Crippen LogP contribution in [0.25, 0.3) is 0 Å². The van der Waals surface area contributed by atoms with Gasteiger partial charge in [0.2, 0.25) is 10.0 Å². The molecule has 0 fully saturated rings. The molecule has 6 nitrogen and oxygen atoms in total. The normalized spacial score (nSPS) is 12.8. The first-order valence-electron chi connectivity index (χ1n) is 8.45. The van der Waals surface area contributed by atoms with Crippen molar-refractivity contribution >= 4 is 21.7 Å². The summed E-state index contributed by atoms with van der Waals surface area (Å²) in [5.41, 5.74) is 0.390. The number of carboxylic acids is 1. The fourth-order valence-electron chi connectivity index (χ4n) is 2.43. The summed E-state index contributed by atoms with van der Waals surface area (Å²) in [5, 5.41) is 12.3. The van der Waals surface area contributed by atoms with Crippen molar-refractivity contribution in [2.24, 2.45) is 0 Å². The van der Waals surface area contributed by atoms with Crippen LogP contribution in [0.4, 0.5) is 5.69 Å². The van der Waals surface area contributed by atoms with Crippen LogP contribution in [0, 0.1) is 0 Å². The SMILES string of the molecule is CCCCCNS(=O)(=O)c1cc(C(=O)O)ccc1NC(C)CCC. The van der Waals surface area contributed by atoms with Crippen molar-refractivity contribution in [1.82, 2.24) is 4.72 Å². The first-order chi connectivity index (χ1) is 11.3. The van der Waals surface area contributed by atoms with Gasteiger partial charge in [-0.15, -0.1) is 0 Å². The number of carbonyl (C=O) groups is 1. The molecule has 1 rings (SSSR count). The summed E-state index contributed by atoms with van der Waals surface area (Å²) < 4.78 is 27.7. The summed E-state index contributed by atoms with van der Waals surface area (Å²) in [7, 11) is -3.76. The molecule has 0 aromatic heterocycles. The van der Waals surface area contributed by atoms with E-state index in [4.69, 9.17) is 5.11 Å². The van der Waals surface area contributed by atoms with Gasteiger partial charge >= 0.3 is 5.97 Å². The monoisotopic (exact) mass is 356 g/mol. The zero-order valence-electron chi connectivity index (χ0n) is 14.6. The lowest BCUT2D eigenvalue weighted by Crippen LogP contribution is -2.27. The van der Waals surface area contributed by atoms with Crippen molar-refractivity contribution in [3.05, 3.63) is 23.8 Å². The van der Waals surface area contributed by atoms with Gasteiger partial charge in [-0.25, -0.2) is 17.9 Å². The highest BCUT2D eigenvalue weighted by Crippen LogP contribution is 2.24. The van der Waals surface area contributed by atoms with E-state index in [0.29, 0.717) is 12.2 Å². The number of hydrogen-bond acceptors (Lipinski definition) is 4. The molecular formula is C17H28N2O4S. The first-order valence-corrected chi connectivity index (χ1v) is 9.93. The van der Waals surface area contributed by atoms with Gasteiger partial charge in [0.25, 0.3) is 0 Å². The Labute approximate surface area is 144 Å².